The first-order chi connectivity index (χ1) is 11.7. The number of piperidine rings is 1. The Bertz CT molecular complexity index is 666. The molecular formula is C18H24FN3O2. The van der Waals surface area contributed by atoms with Crippen molar-refractivity contribution in [3.05, 3.63) is 47.5 Å². The lowest BCUT2D eigenvalue weighted by Crippen LogP contribution is -2.33. The average Bonchev–Trinajstić information content (AvgIpc) is 3.04. The van der Waals surface area contributed by atoms with E-state index in [-0.39, 0.29) is 12.4 Å². The third-order valence-corrected chi connectivity index (χ3v) is 4.70. The third kappa shape index (κ3) is 3.76. The van der Waals surface area contributed by atoms with Gasteiger partial charge in [-0.25, -0.2) is 4.39 Å². The molecule has 0 atom stereocenters. The van der Waals surface area contributed by atoms with E-state index in [1.54, 1.807) is 25.4 Å². The van der Waals surface area contributed by atoms with Crippen molar-refractivity contribution in [2.75, 3.05) is 26.8 Å². The van der Waals surface area contributed by atoms with Crippen LogP contribution >= 0.6 is 0 Å². The lowest BCUT2D eigenvalue weighted by Gasteiger charge is -2.32. The first-order valence-electron chi connectivity index (χ1n) is 8.38. The van der Waals surface area contributed by atoms with E-state index in [2.05, 4.69) is 10.00 Å². The fourth-order valence-corrected chi connectivity index (χ4v) is 3.47. The molecule has 24 heavy (non-hydrogen) atoms. The number of likely N-dealkylation sites (tertiary alicyclic amines) is 1. The highest BCUT2D eigenvalue weighted by Crippen LogP contribution is 2.30. The molecule has 0 unspecified atom stereocenters. The zero-order valence-corrected chi connectivity index (χ0v) is 14.0. The lowest BCUT2D eigenvalue weighted by molar-refractivity contribution is 0.196. The molecule has 1 aromatic heterocycles. The molecule has 2 aromatic rings. The first-order valence-corrected chi connectivity index (χ1v) is 8.38. The number of ether oxygens (including phenoxy) is 1. The Morgan fingerprint density at radius 3 is 2.79 bits per heavy atom. The second-order valence-corrected chi connectivity index (χ2v) is 6.21. The number of aromatic nitrogens is 2. The zero-order valence-electron chi connectivity index (χ0n) is 14.0. The fraction of sp³-hybridized carbons (Fsp3) is 0.500. The molecule has 0 radical (unpaired) electrons. The molecule has 0 aliphatic carbocycles. The van der Waals surface area contributed by atoms with Crippen LogP contribution in [0.1, 0.15) is 30.0 Å². The summed E-state index contributed by atoms with van der Waals surface area (Å²) >= 11 is 0. The van der Waals surface area contributed by atoms with Gasteiger partial charge in [-0.3, -0.25) is 9.58 Å². The van der Waals surface area contributed by atoms with E-state index in [0.29, 0.717) is 19.0 Å². The highest BCUT2D eigenvalue weighted by molar-refractivity contribution is 5.33. The van der Waals surface area contributed by atoms with Crippen LogP contribution in [-0.2, 0) is 13.1 Å². The van der Waals surface area contributed by atoms with Gasteiger partial charge in [0, 0.05) is 29.9 Å². The summed E-state index contributed by atoms with van der Waals surface area (Å²) < 4.78 is 20.7. The van der Waals surface area contributed by atoms with E-state index in [1.165, 1.54) is 11.8 Å². The van der Waals surface area contributed by atoms with E-state index < -0.39 is 0 Å². The molecule has 2 heterocycles. The van der Waals surface area contributed by atoms with Gasteiger partial charge < -0.3 is 9.84 Å². The molecule has 1 N–H and O–H groups in total. The summed E-state index contributed by atoms with van der Waals surface area (Å²) in [6, 6.07) is 6.72. The fourth-order valence-electron chi connectivity index (χ4n) is 3.47. The molecule has 1 aliphatic heterocycles. The van der Waals surface area contributed by atoms with E-state index in [4.69, 9.17) is 9.84 Å². The van der Waals surface area contributed by atoms with E-state index in [0.717, 1.165) is 37.2 Å². The Morgan fingerprint density at radius 2 is 2.08 bits per heavy atom. The van der Waals surface area contributed by atoms with Gasteiger partial charge in [-0.2, -0.15) is 5.10 Å². The van der Waals surface area contributed by atoms with Gasteiger partial charge in [0.25, 0.3) is 0 Å². The summed E-state index contributed by atoms with van der Waals surface area (Å²) in [6.45, 7) is 3.25. The van der Waals surface area contributed by atoms with Gasteiger partial charge in [-0.05, 0) is 50.2 Å². The quantitative estimate of drug-likeness (QED) is 0.882. The number of hydrogen-bond donors (Lipinski definition) is 1. The molecule has 1 aliphatic rings. The number of hydrogen-bond acceptors (Lipinski definition) is 4. The maximum absolute atomic E-state index is 13.5. The predicted octanol–water partition coefficient (Wildman–Crippen LogP) is 2.40. The minimum atomic E-state index is -0.228. The molecule has 3 rings (SSSR count). The standard InChI is InChI=1S/C18H24FN3O2/c1-24-18-3-2-16(19)12-15(18)13-21-8-5-14(6-9-21)17-4-7-20-22(17)10-11-23/h2-4,7,12,14,23H,5-6,8-11,13H2,1H3. The molecule has 1 aromatic carbocycles. The van der Waals surface area contributed by atoms with Crippen LogP contribution in [0.2, 0.25) is 0 Å². The smallest absolute Gasteiger partial charge is 0.123 e. The Kier molecular flexibility index (Phi) is 5.48. The van der Waals surface area contributed by atoms with Crippen molar-refractivity contribution in [2.45, 2.75) is 31.8 Å². The molecule has 0 saturated carbocycles. The molecule has 5 nitrogen and oxygen atoms in total. The second kappa shape index (κ2) is 7.77. The SMILES string of the molecule is COc1ccc(F)cc1CN1CCC(c2ccnn2CCO)CC1. The summed E-state index contributed by atoms with van der Waals surface area (Å²) in [7, 11) is 1.62. The van der Waals surface area contributed by atoms with Gasteiger partial charge in [0.05, 0.1) is 20.3 Å². The minimum absolute atomic E-state index is 0.104. The predicted molar refractivity (Wildman–Crippen MR) is 89.5 cm³/mol. The monoisotopic (exact) mass is 333 g/mol. The maximum Gasteiger partial charge on any atom is 0.123 e. The van der Waals surface area contributed by atoms with Crippen LogP contribution in [0.15, 0.2) is 30.5 Å². The van der Waals surface area contributed by atoms with Gasteiger partial charge in [0.2, 0.25) is 0 Å². The molecule has 1 fully saturated rings. The molecule has 0 amide bonds. The van der Waals surface area contributed by atoms with Crippen molar-refractivity contribution in [1.29, 1.82) is 0 Å². The number of halogens is 1. The summed E-state index contributed by atoms with van der Waals surface area (Å²) in [5.74, 6) is 0.970. The van der Waals surface area contributed by atoms with Gasteiger partial charge >= 0.3 is 0 Å². The van der Waals surface area contributed by atoms with Gasteiger partial charge in [-0.15, -0.1) is 0 Å². The lowest BCUT2D eigenvalue weighted by atomic mass is 9.93. The van der Waals surface area contributed by atoms with E-state index in [9.17, 15) is 4.39 Å². The molecular weight excluding hydrogens is 309 g/mol. The van der Waals surface area contributed by atoms with Gasteiger partial charge in [0.15, 0.2) is 0 Å². The van der Waals surface area contributed by atoms with Gasteiger partial charge in [0.1, 0.15) is 11.6 Å². The number of aliphatic hydroxyl groups excluding tert-OH is 1. The number of aliphatic hydroxyl groups is 1. The number of nitrogens with zero attached hydrogens (tertiary/aromatic N) is 3. The Balaban J connectivity index is 1.61. The molecule has 0 bridgehead atoms. The number of methoxy groups -OCH3 is 1. The van der Waals surface area contributed by atoms with Crippen LogP contribution in [-0.4, -0.2) is 46.6 Å². The summed E-state index contributed by atoms with van der Waals surface area (Å²) in [5.41, 5.74) is 2.09. The van der Waals surface area contributed by atoms with Crippen LogP contribution in [0, 0.1) is 5.82 Å². The normalized spacial score (nSPS) is 16.5. The third-order valence-electron chi connectivity index (χ3n) is 4.70. The summed E-state index contributed by atoms with van der Waals surface area (Å²) in [4.78, 5) is 2.33. The van der Waals surface area contributed by atoms with Crippen LogP contribution < -0.4 is 4.74 Å². The highest BCUT2D eigenvalue weighted by atomic mass is 19.1. The Labute approximate surface area is 141 Å². The largest absolute Gasteiger partial charge is 0.496 e. The van der Waals surface area contributed by atoms with Crippen molar-refractivity contribution in [2.24, 2.45) is 0 Å². The van der Waals surface area contributed by atoms with E-state index >= 15 is 0 Å². The van der Waals surface area contributed by atoms with Crippen molar-refractivity contribution in [3.8, 4) is 5.75 Å². The minimum Gasteiger partial charge on any atom is -0.496 e. The van der Waals surface area contributed by atoms with Crippen LogP contribution in [0.25, 0.3) is 0 Å². The van der Waals surface area contributed by atoms with Crippen molar-refractivity contribution >= 4 is 0 Å². The second-order valence-electron chi connectivity index (χ2n) is 6.21. The summed E-state index contributed by atoms with van der Waals surface area (Å²) in [5, 5.41) is 13.4. The zero-order chi connectivity index (χ0) is 16.9. The van der Waals surface area contributed by atoms with Crippen molar-refractivity contribution < 1.29 is 14.2 Å². The van der Waals surface area contributed by atoms with Crippen LogP contribution in [0.3, 0.4) is 0 Å². The summed E-state index contributed by atoms with van der Waals surface area (Å²) in [6.07, 6.45) is 3.87. The topological polar surface area (TPSA) is 50.5 Å². The average molecular weight is 333 g/mol. The molecule has 0 spiro atoms. The highest BCUT2D eigenvalue weighted by Gasteiger charge is 2.23. The van der Waals surface area contributed by atoms with Crippen molar-refractivity contribution in [1.82, 2.24) is 14.7 Å². The first kappa shape index (κ1) is 16.9. The maximum atomic E-state index is 13.5. The van der Waals surface area contributed by atoms with Gasteiger partial charge in [-0.1, -0.05) is 0 Å². The van der Waals surface area contributed by atoms with Crippen LogP contribution in [0.5, 0.6) is 5.75 Å². The van der Waals surface area contributed by atoms with E-state index in [1.807, 2.05) is 10.7 Å². The number of rotatable bonds is 6. The molecule has 130 valence electrons. The van der Waals surface area contributed by atoms with Crippen LogP contribution in [0.4, 0.5) is 4.39 Å². The molecule has 6 heteroatoms. The Hall–Kier alpha value is -1.92. The number of benzene rings is 1. The Morgan fingerprint density at radius 1 is 1.29 bits per heavy atom. The molecule has 1 saturated heterocycles. The van der Waals surface area contributed by atoms with Crippen molar-refractivity contribution in [3.63, 3.8) is 0 Å².